The van der Waals surface area contributed by atoms with Gasteiger partial charge in [0.15, 0.2) is 5.65 Å². The number of aryl methyl sites for hydroxylation is 2. The fourth-order valence-corrected chi connectivity index (χ4v) is 3.54. The lowest BCUT2D eigenvalue weighted by Gasteiger charge is -2.21. The molecule has 0 spiro atoms. The Kier molecular flexibility index (Phi) is 3.30. The number of fused-ring (bicyclic) bond motifs is 1. The van der Waals surface area contributed by atoms with Gasteiger partial charge in [-0.2, -0.15) is 5.10 Å². The van der Waals surface area contributed by atoms with Crippen LogP contribution in [0.15, 0.2) is 31.0 Å². The van der Waals surface area contributed by atoms with Crippen LogP contribution in [0.2, 0.25) is 0 Å². The van der Waals surface area contributed by atoms with Crippen molar-refractivity contribution in [2.45, 2.75) is 12.0 Å². The van der Waals surface area contributed by atoms with E-state index in [1.807, 2.05) is 38.0 Å². The SMILES string of the molecule is CN1C[C@@H](Nc2ccnc3c2cnn3C)[C@H](c2cncn2C)C1. The Hall–Kier alpha value is -2.41. The van der Waals surface area contributed by atoms with Gasteiger partial charge in [0, 0.05) is 62.9 Å². The first-order valence-corrected chi connectivity index (χ1v) is 7.81. The molecule has 1 N–H and O–H groups in total. The first kappa shape index (κ1) is 14.2. The first-order valence-electron chi connectivity index (χ1n) is 7.81. The van der Waals surface area contributed by atoms with E-state index in [2.05, 4.69) is 43.9 Å². The Balaban J connectivity index is 1.67. The van der Waals surface area contributed by atoms with Gasteiger partial charge in [-0.15, -0.1) is 0 Å². The minimum Gasteiger partial charge on any atom is -0.380 e. The maximum absolute atomic E-state index is 4.41. The third-order valence-corrected chi connectivity index (χ3v) is 4.71. The van der Waals surface area contributed by atoms with E-state index in [1.54, 1.807) is 4.68 Å². The summed E-state index contributed by atoms with van der Waals surface area (Å²) in [6.07, 6.45) is 7.56. The van der Waals surface area contributed by atoms with Crippen molar-refractivity contribution < 1.29 is 0 Å². The van der Waals surface area contributed by atoms with E-state index >= 15 is 0 Å². The molecule has 1 aliphatic heterocycles. The van der Waals surface area contributed by atoms with Crippen LogP contribution < -0.4 is 5.32 Å². The third kappa shape index (κ3) is 2.37. The van der Waals surface area contributed by atoms with Crippen LogP contribution >= 0.6 is 0 Å². The highest BCUT2D eigenvalue weighted by Gasteiger charge is 2.34. The Morgan fingerprint density at radius 3 is 2.83 bits per heavy atom. The van der Waals surface area contributed by atoms with Crippen molar-refractivity contribution in [3.8, 4) is 0 Å². The topological polar surface area (TPSA) is 63.8 Å². The Bertz CT molecular complexity index is 834. The minimum atomic E-state index is 0.334. The van der Waals surface area contributed by atoms with E-state index in [0.717, 1.165) is 29.8 Å². The fraction of sp³-hybridized carbons (Fsp3) is 0.438. The summed E-state index contributed by atoms with van der Waals surface area (Å²) >= 11 is 0. The second kappa shape index (κ2) is 5.34. The molecule has 3 aromatic rings. The van der Waals surface area contributed by atoms with Gasteiger partial charge in [0.05, 0.1) is 17.9 Å². The number of pyridine rings is 1. The smallest absolute Gasteiger partial charge is 0.159 e. The summed E-state index contributed by atoms with van der Waals surface area (Å²) in [5.41, 5.74) is 3.26. The summed E-state index contributed by atoms with van der Waals surface area (Å²) in [5, 5.41) is 9.10. The highest BCUT2D eigenvalue weighted by atomic mass is 15.3. The Morgan fingerprint density at radius 2 is 2.04 bits per heavy atom. The molecule has 0 aliphatic carbocycles. The first-order chi connectivity index (χ1) is 11.1. The molecule has 23 heavy (non-hydrogen) atoms. The van der Waals surface area contributed by atoms with Gasteiger partial charge < -0.3 is 14.8 Å². The number of imidazole rings is 1. The van der Waals surface area contributed by atoms with Gasteiger partial charge in [0.2, 0.25) is 0 Å². The van der Waals surface area contributed by atoms with Crippen LogP contribution in [0.25, 0.3) is 11.0 Å². The predicted octanol–water partition coefficient (Wildman–Crippen LogP) is 1.21. The standard InChI is InChI=1S/C16H21N7/c1-21-8-12(15-7-17-10-22(15)2)14(9-21)20-13-4-5-18-16-11(13)6-19-23(16)3/h4-7,10,12,14H,8-9H2,1-3H3,(H,18,20)/t12-,14-/m1/s1. The van der Waals surface area contributed by atoms with E-state index < -0.39 is 0 Å². The fourth-order valence-electron chi connectivity index (χ4n) is 3.54. The number of nitrogens with one attached hydrogen (secondary N) is 1. The molecule has 0 bridgehead atoms. The van der Waals surface area contributed by atoms with Gasteiger partial charge in [-0.3, -0.25) is 4.68 Å². The normalized spacial score (nSPS) is 22.0. The van der Waals surface area contributed by atoms with Crippen molar-refractivity contribution in [1.82, 2.24) is 29.2 Å². The molecular weight excluding hydrogens is 290 g/mol. The van der Waals surface area contributed by atoms with Gasteiger partial charge in [0.25, 0.3) is 0 Å². The number of likely N-dealkylation sites (N-methyl/N-ethyl adjacent to an activating group) is 1. The van der Waals surface area contributed by atoms with Crippen LogP contribution in [0.5, 0.6) is 0 Å². The minimum absolute atomic E-state index is 0.334. The largest absolute Gasteiger partial charge is 0.380 e. The summed E-state index contributed by atoms with van der Waals surface area (Å²) in [6, 6.07) is 2.36. The number of hydrogen-bond donors (Lipinski definition) is 1. The second-order valence-electron chi connectivity index (χ2n) is 6.37. The molecular formula is C16H21N7. The quantitative estimate of drug-likeness (QED) is 0.788. The lowest BCUT2D eigenvalue weighted by Crippen LogP contribution is -2.28. The van der Waals surface area contributed by atoms with E-state index in [1.165, 1.54) is 5.69 Å². The molecule has 0 unspecified atom stereocenters. The number of aromatic nitrogens is 5. The highest BCUT2D eigenvalue weighted by molar-refractivity contribution is 5.88. The molecule has 0 radical (unpaired) electrons. The number of nitrogens with zero attached hydrogens (tertiary/aromatic N) is 6. The maximum atomic E-state index is 4.41. The molecule has 7 nitrogen and oxygen atoms in total. The van der Waals surface area contributed by atoms with Crippen molar-refractivity contribution in [1.29, 1.82) is 0 Å². The van der Waals surface area contributed by atoms with Crippen LogP contribution in [0.1, 0.15) is 11.6 Å². The summed E-state index contributed by atoms with van der Waals surface area (Å²) in [7, 11) is 6.14. The molecule has 0 saturated carbocycles. The summed E-state index contributed by atoms with van der Waals surface area (Å²) in [4.78, 5) is 11.0. The molecule has 2 atom stereocenters. The lowest BCUT2D eigenvalue weighted by molar-refractivity contribution is 0.408. The number of likely N-dealkylation sites (tertiary alicyclic amines) is 1. The molecule has 1 fully saturated rings. The lowest BCUT2D eigenvalue weighted by atomic mass is 9.99. The van der Waals surface area contributed by atoms with Crippen molar-refractivity contribution >= 4 is 16.7 Å². The van der Waals surface area contributed by atoms with Gasteiger partial charge in [-0.25, -0.2) is 9.97 Å². The summed E-state index contributed by atoms with van der Waals surface area (Å²) in [6.45, 7) is 2.03. The van der Waals surface area contributed by atoms with Crippen LogP contribution in [-0.2, 0) is 14.1 Å². The zero-order valence-electron chi connectivity index (χ0n) is 13.6. The number of anilines is 1. The van der Waals surface area contributed by atoms with E-state index in [9.17, 15) is 0 Å². The molecule has 0 amide bonds. The zero-order valence-corrected chi connectivity index (χ0v) is 13.6. The molecule has 3 aromatic heterocycles. The van der Waals surface area contributed by atoms with Crippen molar-refractivity contribution in [3.05, 3.63) is 36.7 Å². The van der Waals surface area contributed by atoms with Crippen LogP contribution in [0.4, 0.5) is 5.69 Å². The molecule has 120 valence electrons. The second-order valence-corrected chi connectivity index (χ2v) is 6.37. The molecule has 0 aromatic carbocycles. The maximum Gasteiger partial charge on any atom is 0.159 e. The van der Waals surface area contributed by atoms with Crippen LogP contribution in [-0.4, -0.2) is 55.4 Å². The van der Waals surface area contributed by atoms with Crippen LogP contribution in [0.3, 0.4) is 0 Å². The number of rotatable bonds is 3. The molecule has 1 saturated heterocycles. The third-order valence-electron chi connectivity index (χ3n) is 4.71. The van der Waals surface area contributed by atoms with Crippen molar-refractivity contribution in [2.24, 2.45) is 14.1 Å². The Morgan fingerprint density at radius 1 is 1.17 bits per heavy atom. The van der Waals surface area contributed by atoms with E-state index in [-0.39, 0.29) is 0 Å². The number of hydrogen-bond acceptors (Lipinski definition) is 5. The summed E-state index contributed by atoms with van der Waals surface area (Å²) < 4.78 is 3.92. The van der Waals surface area contributed by atoms with Crippen LogP contribution in [0, 0.1) is 0 Å². The van der Waals surface area contributed by atoms with Gasteiger partial charge in [-0.05, 0) is 13.1 Å². The molecule has 4 heterocycles. The van der Waals surface area contributed by atoms with E-state index in [4.69, 9.17) is 0 Å². The van der Waals surface area contributed by atoms with E-state index in [0.29, 0.717) is 12.0 Å². The average Bonchev–Trinajstić information content (AvgIpc) is 3.20. The average molecular weight is 311 g/mol. The molecule has 4 rings (SSSR count). The zero-order chi connectivity index (χ0) is 16.0. The van der Waals surface area contributed by atoms with Crippen molar-refractivity contribution in [3.63, 3.8) is 0 Å². The molecule has 7 heteroatoms. The monoisotopic (exact) mass is 311 g/mol. The van der Waals surface area contributed by atoms with Crippen molar-refractivity contribution in [2.75, 3.05) is 25.5 Å². The van der Waals surface area contributed by atoms with Gasteiger partial charge in [0.1, 0.15) is 0 Å². The Labute approximate surface area is 134 Å². The van der Waals surface area contributed by atoms with Gasteiger partial charge in [-0.1, -0.05) is 0 Å². The van der Waals surface area contributed by atoms with Gasteiger partial charge >= 0.3 is 0 Å². The highest BCUT2D eigenvalue weighted by Crippen LogP contribution is 2.30. The summed E-state index contributed by atoms with van der Waals surface area (Å²) in [5.74, 6) is 0.410. The predicted molar refractivity (Wildman–Crippen MR) is 89.4 cm³/mol. The molecule has 1 aliphatic rings.